The molecule has 2 heterocycles. The van der Waals surface area contributed by atoms with Gasteiger partial charge < -0.3 is 4.90 Å². The van der Waals surface area contributed by atoms with E-state index in [4.69, 9.17) is 0 Å². The van der Waals surface area contributed by atoms with Crippen molar-refractivity contribution in [1.29, 1.82) is 0 Å². The Morgan fingerprint density at radius 1 is 1.41 bits per heavy atom. The Balaban J connectivity index is 2.14. The monoisotopic (exact) mass is 343 g/mol. The van der Waals surface area contributed by atoms with Crippen molar-refractivity contribution < 1.29 is 13.2 Å². The van der Waals surface area contributed by atoms with Gasteiger partial charge in [-0.25, -0.2) is 17.8 Å². The fraction of sp³-hybridized carbons (Fsp3) is 0.417. The van der Waals surface area contributed by atoms with E-state index in [1.807, 2.05) is 13.8 Å². The molecule has 0 radical (unpaired) electrons. The fourth-order valence-corrected chi connectivity index (χ4v) is 4.00. The van der Waals surface area contributed by atoms with Gasteiger partial charge in [0.2, 0.25) is 5.91 Å². The lowest BCUT2D eigenvalue weighted by atomic mass is 10.3. The van der Waals surface area contributed by atoms with E-state index in [1.54, 1.807) is 20.2 Å². The summed E-state index contributed by atoms with van der Waals surface area (Å²) in [5, 5.41) is 3.94. The molecule has 10 heteroatoms. The van der Waals surface area contributed by atoms with E-state index in [0.717, 1.165) is 10.4 Å². The third-order valence-electron chi connectivity index (χ3n) is 2.97. The fourth-order valence-electron chi connectivity index (χ4n) is 1.54. The van der Waals surface area contributed by atoms with Gasteiger partial charge in [0.05, 0.1) is 0 Å². The Morgan fingerprint density at radius 3 is 2.64 bits per heavy atom. The van der Waals surface area contributed by atoms with E-state index in [-0.39, 0.29) is 22.6 Å². The number of likely N-dealkylation sites (N-methyl/N-ethyl adjacent to an activating group) is 1. The number of anilines is 1. The average Bonchev–Trinajstić information content (AvgIpc) is 2.97. The topological polar surface area (TPSA) is 97.2 Å². The lowest BCUT2D eigenvalue weighted by molar-refractivity contribution is -0.129. The molecule has 0 aliphatic rings. The minimum absolute atomic E-state index is 0.00105. The predicted octanol–water partition coefficient (Wildman–Crippen LogP) is 0.845. The van der Waals surface area contributed by atoms with Crippen LogP contribution in [0.25, 0.3) is 0 Å². The Bertz CT molecular complexity index is 772. The normalized spacial score (nSPS) is 11.5. The molecule has 0 aliphatic carbocycles. The summed E-state index contributed by atoms with van der Waals surface area (Å²) in [4.78, 5) is 17.8. The van der Waals surface area contributed by atoms with Crippen LogP contribution < -0.4 is 4.72 Å². The van der Waals surface area contributed by atoms with Gasteiger partial charge in [0.1, 0.15) is 17.1 Å². The van der Waals surface area contributed by atoms with Crippen LogP contribution in [0.5, 0.6) is 0 Å². The molecule has 2 aromatic heterocycles. The zero-order valence-corrected chi connectivity index (χ0v) is 14.3. The van der Waals surface area contributed by atoms with E-state index in [9.17, 15) is 13.2 Å². The smallest absolute Gasteiger partial charge is 0.273 e. The van der Waals surface area contributed by atoms with Gasteiger partial charge in [0.15, 0.2) is 0 Å². The quantitative estimate of drug-likeness (QED) is 0.868. The van der Waals surface area contributed by atoms with Crippen LogP contribution in [0, 0.1) is 13.8 Å². The van der Waals surface area contributed by atoms with Gasteiger partial charge in [-0.1, -0.05) is 0 Å². The Labute approximate surface area is 132 Å². The number of aryl methyl sites for hydroxylation is 2. The van der Waals surface area contributed by atoms with Gasteiger partial charge in [0.25, 0.3) is 16.0 Å². The zero-order chi connectivity index (χ0) is 16.5. The van der Waals surface area contributed by atoms with Gasteiger partial charge in [-0.3, -0.25) is 4.79 Å². The van der Waals surface area contributed by atoms with Gasteiger partial charge in [0, 0.05) is 19.0 Å². The second kappa shape index (κ2) is 6.05. The molecule has 120 valence electrons. The minimum atomic E-state index is -3.71. The highest BCUT2D eigenvalue weighted by Crippen LogP contribution is 2.26. The van der Waals surface area contributed by atoms with Crippen LogP contribution in [0.15, 0.2) is 16.6 Å². The number of thiophene rings is 1. The minimum Gasteiger partial charge on any atom is -0.347 e. The van der Waals surface area contributed by atoms with Crippen molar-refractivity contribution in [1.82, 2.24) is 19.7 Å². The molecule has 0 unspecified atom stereocenters. The largest absolute Gasteiger partial charge is 0.347 e. The molecule has 8 nitrogen and oxygen atoms in total. The molecular weight excluding hydrogens is 326 g/mol. The molecule has 22 heavy (non-hydrogen) atoms. The predicted molar refractivity (Wildman–Crippen MR) is 83.3 cm³/mol. The average molecular weight is 343 g/mol. The molecule has 0 atom stereocenters. The first-order valence-corrected chi connectivity index (χ1v) is 8.68. The second-order valence-electron chi connectivity index (χ2n) is 4.96. The number of nitrogens with one attached hydrogen (secondary N) is 1. The van der Waals surface area contributed by atoms with Gasteiger partial charge >= 0.3 is 0 Å². The molecule has 0 fully saturated rings. The summed E-state index contributed by atoms with van der Waals surface area (Å²) in [7, 11) is -0.453. The van der Waals surface area contributed by atoms with E-state index < -0.39 is 10.0 Å². The van der Waals surface area contributed by atoms with Crippen LogP contribution in [0.2, 0.25) is 0 Å². The zero-order valence-electron chi connectivity index (χ0n) is 12.7. The molecule has 2 aromatic rings. The Hall–Kier alpha value is -1.94. The summed E-state index contributed by atoms with van der Waals surface area (Å²) in [6, 6.07) is 1.61. The van der Waals surface area contributed by atoms with Gasteiger partial charge in [-0.05, 0) is 25.5 Å². The lowest BCUT2D eigenvalue weighted by Gasteiger charge is -2.09. The summed E-state index contributed by atoms with van der Waals surface area (Å²) in [5.74, 6) is -0.223. The van der Waals surface area contributed by atoms with E-state index in [0.29, 0.717) is 0 Å². The molecule has 0 aromatic carbocycles. The highest BCUT2D eigenvalue weighted by Gasteiger charge is 2.20. The molecule has 0 saturated carbocycles. The number of aromatic nitrogens is 3. The van der Waals surface area contributed by atoms with Crippen LogP contribution >= 0.6 is 11.3 Å². The molecular formula is C12H17N5O3S2. The molecule has 1 N–H and O–H groups in total. The lowest BCUT2D eigenvalue weighted by Crippen LogP contribution is -2.26. The maximum atomic E-state index is 12.2. The molecule has 0 saturated heterocycles. The van der Waals surface area contributed by atoms with Crippen LogP contribution in [0.3, 0.4) is 0 Å². The number of hydrogen-bond acceptors (Lipinski definition) is 6. The summed E-state index contributed by atoms with van der Waals surface area (Å²) >= 11 is 1.19. The molecule has 2 rings (SSSR count). The first-order chi connectivity index (χ1) is 10.2. The number of sulfonamides is 1. The molecule has 1 amide bonds. The van der Waals surface area contributed by atoms with Crippen molar-refractivity contribution >= 4 is 33.2 Å². The van der Waals surface area contributed by atoms with Crippen molar-refractivity contribution in [3.05, 3.63) is 22.8 Å². The van der Waals surface area contributed by atoms with Crippen LogP contribution in [-0.2, 0) is 21.4 Å². The third-order valence-corrected chi connectivity index (χ3v) is 5.92. The number of nitrogens with zero attached hydrogens (tertiary/aromatic N) is 4. The van der Waals surface area contributed by atoms with Crippen molar-refractivity contribution in [2.24, 2.45) is 0 Å². The van der Waals surface area contributed by atoms with E-state index in [1.165, 1.54) is 27.2 Å². The number of rotatable bonds is 5. The third kappa shape index (κ3) is 3.63. The summed E-state index contributed by atoms with van der Waals surface area (Å²) in [6.07, 6.45) is 1.31. The molecule has 0 aliphatic heterocycles. The standard InChI is InChI=1S/C12H17N5O3S2/c1-8-5-11(21-9(8)2)22(19,20)15-12-13-7-17(14-12)6-10(18)16(3)4/h5,7H,6H2,1-4H3,(H,14,15). The maximum absolute atomic E-state index is 12.2. The number of amides is 1. The summed E-state index contributed by atoms with van der Waals surface area (Å²) in [5.41, 5.74) is 0.917. The second-order valence-corrected chi connectivity index (χ2v) is 8.13. The van der Waals surface area contributed by atoms with E-state index >= 15 is 0 Å². The number of hydrogen-bond donors (Lipinski definition) is 1. The molecule has 0 spiro atoms. The summed E-state index contributed by atoms with van der Waals surface area (Å²) in [6.45, 7) is 3.71. The van der Waals surface area contributed by atoms with Gasteiger partial charge in [-0.2, -0.15) is 4.98 Å². The SMILES string of the molecule is Cc1cc(S(=O)(=O)Nc2ncn(CC(=O)N(C)C)n2)sc1C. The Kier molecular flexibility index (Phi) is 4.52. The van der Waals surface area contributed by atoms with Gasteiger partial charge in [-0.15, -0.1) is 16.4 Å². The van der Waals surface area contributed by atoms with Crippen molar-refractivity contribution in [2.45, 2.75) is 24.6 Å². The highest BCUT2D eigenvalue weighted by molar-refractivity contribution is 7.94. The van der Waals surface area contributed by atoms with Crippen molar-refractivity contribution in [3.8, 4) is 0 Å². The van der Waals surface area contributed by atoms with E-state index in [2.05, 4.69) is 14.8 Å². The number of carbonyl (C=O) groups excluding carboxylic acids is 1. The Morgan fingerprint density at radius 2 is 2.09 bits per heavy atom. The molecule has 0 bridgehead atoms. The van der Waals surface area contributed by atoms with Crippen LogP contribution in [-0.4, -0.2) is 48.1 Å². The first kappa shape index (κ1) is 16.4. The van der Waals surface area contributed by atoms with Crippen molar-refractivity contribution in [3.63, 3.8) is 0 Å². The van der Waals surface area contributed by atoms with Crippen LogP contribution in [0.4, 0.5) is 5.95 Å². The number of carbonyl (C=O) groups is 1. The van der Waals surface area contributed by atoms with Crippen molar-refractivity contribution in [2.75, 3.05) is 18.8 Å². The highest BCUT2D eigenvalue weighted by atomic mass is 32.2. The summed E-state index contributed by atoms with van der Waals surface area (Å²) < 4.78 is 28.3. The first-order valence-electron chi connectivity index (χ1n) is 6.38. The van der Waals surface area contributed by atoms with Crippen LogP contribution in [0.1, 0.15) is 10.4 Å². The maximum Gasteiger partial charge on any atom is 0.273 e.